The van der Waals surface area contributed by atoms with Gasteiger partial charge in [0.2, 0.25) is 0 Å². The van der Waals surface area contributed by atoms with E-state index in [0.29, 0.717) is 16.3 Å². The van der Waals surface area contributed by atoms with Gasteiger partial charge in [0, 0.05) is 10.6 Å². The molecule has 5 heteroatoms. The molecule has 0 spiro atoms. The predicted octanol–water partition coefficient (Wildman–Crippen LogP) is 4.81. The van der Waals surface area contributed by atoms with Crippen molar-refractivity contribution in [2.75, 3.05) is 7.11 Å². The molecule has 0 aromatic heterocycles. The second-order valence-corrected chi connectivity index (χ2v) is 4.78. The zero-order valence-corrected chi connectivity index (χ0v) is 12.3. The van der Waals surface area contributed by atoms with Gasteiger partial charge >= 0.3 is 0 Å². The number of ether oxygens (including phenoxy) is 2. The Kier molecular flexibility index (Phi) is 5.10. The highest BCUT2D eigenvalue weighted by molar-refractivity contribution is 6.32. The van der Waals surface area contributed by atoms with Gasteiger partial charge in [0.15, 0.2) is 11.6 Å². The van der Waals surface area contributed by atoms with Gasteiger partial charge in [-0.15, -0.1) is 11.6 Å². The molecule has 0 aliphatic rings. The summed E-state index contributed by atoms with van der Waals surface area (Å²) in [6.45, 7) is 0.227. The van der Waals surface area contributed by atoms with Gasteiger partial charge in [0.1, 0.15) is 12.4 Å². The molecule has 0 amide bonds. The van der Waals surface area contributed by atoms with Crippen LogP contribution in [0.2, 0.25) is 5.02 Å². The molecule has 0 atom stereocenters. The summed E-state index contributed by atoms with van der Waals surface area (Å²) < 4.78 is 24.1. The van der Waals surface area contributed by atoms with E-state index in [2.05, 4.69) is 0 Å². The highest BCUT2D eigenvalue weighted by Gasteiger charge is 2.08. The van der Waals surface area contributed by atoms with Crippen molar-refractivity contribution >= 4 is 23.2 Å². The fourth-order valence-corrected chi connectivity index (χ4v) is 2.34. The smallest absolute Gasteiger partial charge is 0.165 e. The van der Waals surface area contributed by atoms with E-state index in [0.717, 1.165) is 5.56 Å². The van der Waals surface area contributed by atoms with Crippen LogP contribution < -0.4 is 9.47 Å². The number of hydrogen-bond donors (Lipinski definition) is 0. The predicted molar refractivity (Wildman–Crippen MR) is 78.3 cm³/mol. The van der Waals surface area contributed by atoms with Gasteiger partial charge in [-0.3, -0.25) is 0 Å². The summed E-state index contributed by atoms with van der Waals surface area (Å²) >= 11 is 11.9. The molecule has 2 aromatic carbocycles. The molecule has 0 saturated heterocycles. The van der Waals surface area contributed by atoms with Gasteiger partial charge in [-0.05, 0) is 29.8 Å². The molecule has 0 N–H and O–H groups in total. The molecule has 2 nitrogen and oxygen atoms in total. The molecule has 2 rings (SSSR count). The molecular weight excluding hydrogens is 302 g/mol. The monoisotopic (exact) mass is 314 g/mol. The van der Waals surface area contributed by atoms with Crippen molar-refractivity contribution in [3.8, 4) is 11.5 Å². The molecule has 0 aliphatic heterocycles. The van der Waals surface area contributed by atoms with E-state index >= 15 is 0 Å². The largest absolute Gasteiger partial charge is 0.494 e. The number of rotatable bonds is 5. The Morgan fingerprint density at radius 1 is 1.15 bits per heavy atom. The number of halogens is 3. The molecule has 0 saturated carbocycles. The second kappa shape index (κ2) is 6.82. The first-order chi connectivity index (χ1) is 9.65. The molecule has 0 heterocycles. The number of methoxy groups -OCH3 is 1. The molecule has 20 heavy (non-hydrogen) atoms. The molecule has 0 fully saturated rings. The summed E-state index contributed by atoms with van der Waals surface area (Å²) in [5.74, 6) is 0.644. The molecular formula is C15H13Cl2FO2. The van der Waals surface area contributed by atoms with E-state index in [9.17, 15) is 4.39 Å². The first-order valence-corrected chi connectivity index (χ1v) is 6.85. The lowest BCUT2D eigenvalue weighted by molar-refractivity contribution is 0.302. The van der Waals surface area contributed by atoms with E-state index in [-0.39, 0.29) is 18.2 Å². The number of hydrogen-bond acceptors (Lipinski definition) is 2. The fourth-order valence-electron chi connectivity index (χ4n) is 1.76. The van der Waals surface area contributed by atoms with Crippen LogP contribution in [0.1, 0.15) is 11.1 Å². The Balaban J connectivity index is 2.13. The molecule has 2 aromatic rings. The van der Waals surface area contributed by atoms with E-state index in [1.54, 1.807) is 30.3 Å². The Morgan fingerprint density at radius 3 is 2.60 bits per heavy atom. The van der Waals surface area contributed by atoms with Crippen LogP contribution in [-0.2, 0) is 12.5 Å². The van der Waals surface area contributed by atoms with Crippen molar-refractivity contribution in [1.82, 2.24) is 0 Å². The lowest BCUT2D eigenvalue weighted by atomic mass is 10.2. The molecule has 106 valence electrons. The third kappa shape index (κ3) is 3.35. The van der Waals surface area contributed by atoms with Crippen LogP contribution in [0.5, 0.6) is 11.5 Å². The number of alkyl halides is 1. The maximum Gasteiger partial charge on any atom is 0.165 e. The Hall–Kier alpha value is -1.45. The van der Waals surface area contributed by atoms with Gasteiger partial charge in [0.25, 0.3) is 0 Å². The van der Waals surface area contributed by atoms with Gasteiger partial charge < -0.3 is 9.47 Å². The minimum Gasteiger partial charge on any atom is -0.494 e. The van der Waals surface area contributed by atoms with Crippen LogP contribution in [0.15, 0.2) is 36.4 Å². The first-order valence-electron chi connectivity index (χ1n) is 5.94. The van der Waals surface area contributed by atoms with Crippen LogP contribution >= 0.6 is 23.2 Å². The van der Waals surface area contributed by atoms with Crippen LogP contribution in [0.3, 0.4) is 0 Å². The van der Waals surface area contributed by atoms with Crippen molar-refractivity contribution in [3.05, 3.63) is 58.4 Å². The molecule has 0 aliphatic carbocycles. The highest BCUT2D eigenvalue weighted by Crippen LogP contribution is 2.29. The van der Waals surface area contributed by atoms with E-state index in [1.807, 2.05) is 0 Å². The molecule has 0 radical (unpaired) electrons. The second-order valence-electron chi connectivity index (χ2n) is 4.11. The SMILES string of the molecule is COc1ccc(COc2cccc(Cl)c2CCl)cc1F. The van der Waals surface area contributed by atoms with Gasteiger partial charge in [-0.2, -0.15) is 0 Å². The van der Waals surface area contributed by atoms with Crippen molar-refractivity contribution < 1.29 is 13.9 Å². The van der Waals surface area contributed by atoms with Crippen molar-refractivity contribution in [2.45, 2.75) is 12.5 Å². The summed E-state index contributed by atoms with van der Waals surface area (Å²) in [5, 5.41) is 0.554. The topological polar surface area (TPSA) is 18.5 Å². The van der Waals surface area contributed by atoms with E-state index in [1.165, 1.54) is 13.2 Å². The van der Waals surface area contributed by atoms with Crippen LogP contribution in [0, 0.1) is 5.82 Å². The quantitative estimate of drug-likeness (QED) is 0.738. The summed E-state index contributed by atoms with van der Waals surface area (Å²) in [6.07, 6.45) is 0. The standard InChI is InChI=1S/C15H13Cl2FO2/c1-19-15-6-5-10(7-13(15)18)9-20-14-4-2-3-12(17)11(14)8-16/h2-7H,8-9H2,1H3. The summed E-state index contributed by atoms with van der Waals surface area (Å²) in [7, 11) is 1.42. The minimum absolute atomic E-state index is 0.206. The Morgan fingerprint density at radius 2 is 1.95 bits per heavy atom. The van der Waals surface area contributed by atoms with Crippen LogP contribution in [-0.4, -0.2) is 7.11 Å². The average Bonchev–Trinajstić information content (AvgIpc) is 2.45. The molecule has 0 bridgehead atoms. The molecule has 0 unspecified atom stereocenters. The lowest BCUT2D eigenvalue weighted by Crippen LogP contribution is -1.99. The van der Waals surface area contributed by atoms with Gasteiger partial charge in [-0.25, -0.2) is 4.39 Å². The van der Waals surface area contributed by atoms with Crippen LogP contribution in [0.4, 0.5) is 4.39 Å². The number of benzene rings is 2. The van der Waals surface area contributed by atoms with Gasteiger partial charge in [-0.1, -0.05) is 23.7 Å². The van der Waals surface area contributed by atoms with Gasteiger partial charge in [0.05, 0.1) is 13.0 Å². The zero-order chi connectivity index (χ0) is 14.5. The summed E-state index contributed by atoms with van der Waals surface area (Å²) in [5.41, 5.74) is 1.42. The van der Waals surface area contributed by atoms with Crippen molar-refractivity contribution in [2.24, 2.45) is 0 Å². The van der Waals surface area contributed by atoms with Crippen LogP contribution in [0.25, 0.3) is 0 Å². The maximum atomic E-state index is 13.6. The van der Waals surface area contributed by atoms with Crippen molar-refractivity contribution in [3.63, 3.8) is 0 Å². The third-order valence-corrected chi connectivity index (χ3v) is 3.44. The highest BCUT2D eigenvalue weighted by atomic mass is 35.5. The lowest BCUT2D eigenvalue weighted by Gasteiger charge is -2.11. The summed E-state index contributed by atoms with van der Waals surface area (Å²) in [4.78, 5) is 0. The minimum atomic E-state index is -0.419. The normalized spacial score (nSPS) is 10.4. The average molecular weight is 315 g/mol. The van der Waals surface area contributed by atoms with Crippen molar-refractivity contribution in [1.29, 1.82) is 0 Å². The first kappa shape index (κ1) is 14.9. The van der Waals surface area contributed by atoms with E-state index in [4.69, 9.17) is 32.7 Å². The van der Waals surface area contributed by atoms with E-state index < -0.39 is 5.82 Å². The third-order valence-electron chi connectivity index (χ3n) is 2.82. The maximum absolute atomic E-state index is 13.6. The Bertz CT molecular complexity index is 602. The Labute approximate surface area is 127 Å². The summed E-state index contributed by atoms with van der Waals surface area (Å²) in [6, 6.07) is 10.00. The zero-order valence-electron chi connectivity index (χ0n) is 10.8. The fraction of sp³-hybridized carbons (Fsp3) is 0.200.